The second-order valence-electron chi connectivity index (χ2n) is 4.64. The lowest BCUT2D eigenvalue weighted by Gasteiger charge is -2.31. The zero-order valence-corrected chi connectivity index (χ0v) is 10.0. The van der Waals surface area contributed by atoms with Gasteiger partial charge in [-0.15, -0.1) is 0 Å². The van der Waals surface area contributed by atoms with Crippen molar-refractivity contribution in [3.8, 4) is 0 Å². The van der Waals surface area contributed by atoms with Gasteiger partial charge in [-0.3, -0.25) is 9.97 Å². The number of rotatable bonds is 4. The van der Waals surface area contributed by atoms with Gasteiger partial charge in [0.1, 0.15) is 0 Å². The van der Waals surface area contributed by atoms with E-state index < -0.39 is 0 Å². The highest BCUT2D eigenvalue weighted by atomic mass is 14.9. The van der Waals surface area contributed by atoms with Gasteiger partial charge in [0, 0.05) is 31.2 Å². The van der Waals surface area contributed by atoms with Crippen molar-refractivity contribution >= 4 is 0 Å². The molecule has 0 spiro atoms. The fraction of sp³-hybridized carbons (Fsp3) is 0.692. The van der Waals surface area contributed by atoms with Crippen LogP contribution in [0.4, 0.5) is 0 Å². The molecule has 1 N–H and O–H groups in total. The van der Waals surface area contributed by atoms with Gasteiger partial charge in [-0.2, -0.15) is 0 Å². The van der Waals surface area contributed by atoms with Gasteiger partial charge in [0.15, 0.2) is 0 Å². The van der Waals surface area contributed by atoms with E-state index in [2.05, 4.69) is 22.2 Å². The van der Waals surface area contributed by atoms with Crippen LogP contribution in [0.25, 0.3) is 0 Å². The van der Waals surface area contributed by atoms with Gasteiger partial charge in [-0.25, -0.2) is 0 Å². The van der Waals surface area contributed by atoms with Crippen LogP contribution in [0.3, 0.4) is 0 Å². The molecule has 1 aromatic heterocycles. The van der Waals surface area contributed by atoms with Crippen LogP contribution in [0.2, 0.25) is 0 Å². The maximum absolute atomic E-state index is 4.29. The molecule has 2 unspecified atom stereocenters. The highest BCUT2D eigenvalue weighted by molar-refractivity contribution is 4.95. The van der Waals surface area contributed by atoms with E-state index in [-0.39, 0.29) is 0 Å². The topological polar surface area (TPSA) is 37.8 Å². The van der Waals surface area contributed by atoms with Crippen molar-refractivity contribution in [3.05, 3.63) is 24.3 Å². The van der Waals surface area contributed by atoms with E-state index >= 15 is 0 Å². The summed E-state index contributed by atoms with van der Waals surface area (Å²) in [5.41, 5.74) is 1.04. The number of hydrogen-bond acceptors (Lipinski definition) is 3. The number of nitrogens with one attached hydrogen (secondary N) is 1. The predicted octanol–water partition coefficient (Wildman–Crippen LogP) is 2.54. The van der Waals surface area contributed by atoms with Gasteiger partial charge < -0.3 is 5.32 Å². The molecular formula is C13H21N3. The fourth-order valence-corrected chi connectivity index (χ4v) is 2.62. The molecule has 16 heavy (non-hydrogen) atoms. The molecule has 0 bridgehead atoms. The van der Waals surface area contributed by atoms with Gasteiger partial charge >= 0.3 is 0 Å². The summed E-state index contributed by atoms with van der Waals surface area (Å²) >= 11 is 0. The summed E-state index contributed by atoms with van der Waals surface area (Å²) in [7, 11) is 0. The van der Waals surface area contributed by atoms with Crippen molar-refractivity contribution in [2.75, 3.05) is 0 Å². The molecule has 0 saturated heterocycles. The molecule has 1 aliphatic carbocycles. The van der Waals surface area contributed by atoms with Crippen LogP contribution in [0, 0.1) is 5.92 Å². The highest BCUT2D eigenvalue weighted by Crippen LogP contribution is 2.26. The zero-order valence-electron chi connectivity index (χ0n) is 10.0. The van der Waals surface area contributed by atoms with Crippen LogP contribution in [-0.2, 0) is 6.54 Å². The van der Waals surface area contributed by atoms with E-state index in [0.717, 1.165) is 18.2 Å². The van der Waals surface area contributed by atoms with Crippen LogP contribution in [0.1, 0.15) is 44.7 Å². The minimum Gasteiger partial charge on any atom is -0.308 e. The summed E-state index contributed by atoms with van der Waals surface area (Å²) in [6, 6.07) is 0.681. The van der Waals surface area contributed by atoms with E-state index in [1.54, 1.807) is 12.4 Å². The summed E-state index contributed by atoms with van der Waals surface area (Å²) in [6.07, 6.45) is 12.1. The molecule has 2 atom stereocenters. The first-order chi connectivity index (χ1) is 7.90. The van der Waals surface area contributed by atoms with Gasteiger partial charge in [0.25, 0.3) is 0 Å². The lowest BCUT2D eigenvalue weighted by molar-refractivity contribution is 0.254. The van der Waals surface area contributed by atoms with Crippen molar-refractivity contribution in [2.45, 2.75) is 51.6 Å². The highest BCUT2D eigenvalue weighted by Gasteiger charge is 2.22. The zero-order chi connectivity index (χ0) is 11.2. The van der Waals surface area contributed by atoms with Crippen LogP contribution in [0.15, 0.2) is 18.6 Å². The summed E-state index contributed by atoms with van der Waals surface area (Å²) < 4.78 is 0. The standard InChI is InChI=1S/C13H21N3/c1-2-11-5-3-4-6-13(11)16-10-12-9-14-7-8-15-12/h7-9,11,13,16H,2-6,10H2,1H3. The molecule has 88 valence electrons. The number of aromatic nitrogens is 2. The van der Waals surface area contributed by atoms with Crippen LogP contribution in [-0.4, -0.2) is 16.0 Å². The quantitative estimate of drug-likeness (QED) is 0.845. The third-order valence-corrected chi connectivity index (χ3v) is 3.60. The maximum atomic E-state index is 4.29. The molecule has 3 nitrogen and oxygen atoms in total. The van der Waals surface area contributed by atoms with Crippen LogP contribution >= 0.6 is 0 Å². The van der Waals surface area contributed by atoms with Gasteiger partial charge in [-0.05, 0) is 18.8 Å². The van der Waals surface area contributed by atoms with Crippen molar-refractivity contribution in [2.24, 2.45) is 5.92 Å². The molecule has 3 heteroatoms. The summed E-state index contributed by atoms with van der Waals surface area (Å²) in [6.45, 7) is 3.15. The molecule has 2 rings (SSSR count). The lowest BCUT2D eigenvalue weighted by Crippen LogP contribution is -2.38. The summed E-state index contributed by atoms with van der Waals surface area (Å²) in [5.74, 6) is 0.852. The molecule has 1 saturated carbocycles. The van der Waals surface area contributed by atoms with Crippen molar-refractivity contribution in [1.29, 1.82) is 0 Å². The van der Waals surface area contributed by atoms with Gasteiger partial charge in [0.05, 0.1) is 5.69 Å². The Kier molecular flexibility index (Phi) is 4.28. The minimum atomic E-state index is 0.681. The molecule has 1 aromatic rings. The molecule has 0 amide bonds. The van der Waals surface area contributed by atoms with E-state index in [9.17, 15) is 0 Å². The lowest BCUT2D eigenvalue weighted by atomic mass is 9.83. The Morgan fingerprint density at radius 3 is 2.94 bits per heavy atom. The smallest absolute Gasteiger partial charge is 0.0724 e. The number of nitrogens with zero attached hydrogens (tertiary/aromatic N) is 2. The third kappa shape index (κ3) is 3.01. The molecule has 0 aromatic carbocycles. The van der Waals surface area contributed by atoms with Crippen molar-refractivity contribution in [3.63, 3.8) is 0 Å². The average molecular weight is 219 g/mol. The summed E-state index contributed by atoms with van der Waals surface area (Å²) in [4.78, 5) is 8.37. The van der Waals surface area contributed by atoms with Crippen molar-refractivity contribution < 1.29 is 0 Å². The molecular weight excluding hydrogens is 198 g/mol. The molecule has 1 heterocycles. The maximum Gasteiger partial charge on any atom is 0.0724 e. The predicted molar refractivity (Wildman–Crippen MR) is 64.9 cm³/mol. The number of hydrogen-bond donors (Lipinski definition) is 1. The summed E-state index contributed by atoms with van der Waals surface area (Å²) in [5, 5.41) is 3.64. The minimum absolute atomic E-state index is 0.681. The molecule has 0 aliphatic heterocycles. The first kappa shape index (κ1) is 11.5. The van der Waals surface area contributed by atoms with Crippen molar-refractivity contribution in [1.82, 2.24) is 15.3 Å². The Morgan fingerprint density at radius 1 is 1.31 bits per heavy atom. The Labute approximate surface area is 97.7 Å². The van der Waals surface area contributed by atoms with Crippen LogP contribution in [0.5, 0.6) is 0 Å². The first-order valence-corrected chi connectivity index (χ1v) is 6.38. The third-order valence-electron chi connectivity index (χ3n) is 3.60. The first-order valence-electron chi connectivity index (χ1n) is 6.38. The average Bonchev–Trinajstić information content (AvgIpc) is 2.38. The normalized spacial score (nSPS) is 25.6. The largest absolute Gasteiger partial charge is 0.308 e. The molecule has 1 aliphatic rings. The molecule has 1 fully saturated rings. The Bertz CT molecular complexity index is 299. The second-order valence-corrected chi connectivity index (χ2v) is 4.64. The van der Waals surface area contributed by atoms with E-state index in [1.165, 1.54) is 32.1 Å². The second kappa shape index (κ2) is 5.94. The van der Waals surface area contributed by atoms with E-state index in [4.69, 9.17) is 0 Å². The monoisotopic (exact) mass is 219 g/mol. The van der Waals surface area contributed by atoms with E-state index in [1.807, 2.05) is 6.20 Å². The molecule has 0 radical (unpaired) electrons. The SMILES string of the molecule is CCC1CCCCC1NCc1cnccn1. The fourth-order valence-electron chi connectivity index (χ4n) is 2.62. The Hall–Kier alpha value is -0.960. The Balaban J connectivity index is 1.84. The van der Waals surface area contributed by atoms with Gasteiger partial charge in [0.2, 0.25) is 0 Å². The van der Waals surface area contributed by atoms with E-state index in [0.29, 0.717) is 6.04 Å². The van der Waals surface area contributed by atoms with Gasteiger partial charge in [-0.1, -0.05) is 26.2 Å². The van der Waals surface area contributed by atoms with Crippen LogP contribution < -0.4 is 5.32 Å². The Morgan fingerprint density at radius 2 is 2.19 bits per heavy atom.